The van der Waals surface area contributed by atoms with E-state index in [2.05, 4.69) is 0 Å². The van der Waals surface area contributed by atoms with Crippen molar-refractivity contribution in [1.82, 2.24) is 0 Å². The van der Waals surface area contributed by atoms with E-state index in [0.29, 0.717) is 11.1 Å². The van der Waals surface area contributed by atoms with E-state index in [-0.39, 0.29) is 11.1 Å². The second-order valence-electron chi connectivity index (χ2n) is 5.48. The quantitative estimate of drug-likeness (QED) is 0.714. The summed E-state index contributed by atoms with van der Waals surface area (Å²) in [5.41, 5.74) is 3.25. The fourth-order valence-electron chi connectivity index (χ4n) is 2.80. The number of hydrogen-bond donors (Lipinski definition) is 1. The van der Waals surface area contributed by atoms with E-state index < -0.39 is 11.9 Å². The number of esters is 1. The lowest BCUT2D eigenvalue weighted by Crippen LogP contribution is -2.08. The van der Waals surface area contributed by atoms with Crippen LogP contribution in [-0.4, -0.2) is 24.2 Å². The van der Waals surface area contributed by atoms with E-state index >= 15 is 0 Å². The van der Waals surface area contributed by atoms with Gasteiger partial charge < -0.3 is 9.84 Å². The number of benzene rings is 3. The molecule has 0 saturated heterocycles. The van der Waals surface area contributed by atoms with Crippen molar-refractivity contribution in [2.75, 3.05) is 7.11 Å². The molecule has 3 aromatic carbocycles. The number of ether oxygens (including phenoxy) is 1. The Bertz CT molecular complexity index is 915. The van der Waals surface area contributed by atoms with Crippen LogP contribution >= 0.6 is 0 Å². The zero-order valence-electron chi connectivity index (χ0n) is 13.6. The fourth-order valence-corrected chi connectivity index (χ4v) is 2.80. The summed E-state index contributed by atoms with van der Waals surface area (Å²) in [4.78, 5) is 23.9. The monoisotopic (exact) mass is 332 g/mol. The van der Waals surface area contributed by atoms with Crippen LogP contribution in [0.4, 0.5) is 0 Å². The van der Waals surface area contributed by atoms with Gasteiger partial charge in [0.25, 0.3) is 0 Å². The van der Waals surface area contributed by atoms with Crippen molar-refractivity contribution in [3.8, 4) is 22.3 Å². The molecule has 0 bridgehead atoms. The molecule has 25 heavy (non-hydrogen) atoms. The molecule has 0 aliphatic heterocycles. The van der Waals surface area contributed by atoms with Gasteiger partial charge in [-0.2, -0.15) is 0 Å². The Morgan fingerprint density at radius 1 is 0.840 bits per heavy atom. The van der Waals surface area contributed by atoms with Crippen LogP contribution in [0.2, 0.25) is 0 Å². The molecule has 0 amide bonds. The number of methoxy groups -OCH3 is 1. The standard InChI is InChI=1S/C21H16O4/c1-25-21(24)18-13-16(20(22)23)12-17(14-8-4-2-5-9-14)19(18)15-10-6-3-7-11-15/h2-13H,1H3,(H,22,23). The van der Waals surface area contributed by atoms with Crippen LogP contribution in [0.3, 0.4) is 0 Å². The van der Waals surface area contributed by atoms with Crippen molar-refractivity contribution in [2.45, 2.75) is 0 Å². The fraction of sp³-hybridized carbons (Fsp3) is 0.0476. The Hall–Kier alpha value is -3.40. The summed E-state index contributed by atoms with van der Waals surface area (Å²) in [6.07, 6.45) is 0. The van der Waals surface area contributed by atoms with Crippen LogP contribution < -0.4 is 0 Å². The zero-order valence-corrected chi connectivity index (χ0v) is 13.6. The van der Waals surface area contributed by atoms with Crippen molar-refractivity contribution in [1.29, 1.82) is 0 Å². The van der Waals surface area contributed by atoms with Crippen LogP contribution in [0.1, 0.15) is 20.7 Å². The van der Waals surface area contributed by atoms with Crippen molar-refractivity contribution in [2.24, 2.45) is 0 Å². The van der Waals surface area contributed by atoms with E-state index in [4.69, 9.17) is 4.74 Å². The zero-order chi connectivity index (χ0) is 17.8. The normalized spacial score (nSPS) is 10.3. The maximum absolute atomic E-state index is 12.4. The van der Waals surface area contributed by atoms with Gasteiger partial charge in [-0.1, -0.05) is 60.7 Å². The summed E-state index contributed by atoms with van der Waals surface area (Å²) in [6, 6.07) is 21.7. The van der Waals surface area contributed by atoms with Crippen LogP contribution in [0, 0.1) is 0 Å². The van der Waals surface area contributed by atoms with Crippen LogP contribution in [0.15, 0.2) is 72.8 Å². The van der Waals surface area contributed by atoms with E-state index in [1.165, 1.54) is 13.2 Å². The number of carbonyl (C=O) groups is 2. The van der Waals surface area contributed by atoms with Crippen LogP contribution in [0.25, 0.3) is 22.3 Å². The first-order chi connectivity index (χ1) is 12.1. The molecule has 0 aliphatic rings. The largest absolute Gasteiger partial charge is 0.478 e. The first kappa shape index (κ1) is 16.5. The number of rotatable bonds is 4. The number of carboxylic acid groups (broad SMARTS) is 1. The van der Waals surface area contributed by atoms with Gasteiger partial charge in [-0.05, 0) is 28.8 Å². The third-order valence-electron chi connectivity index (χ3n) is 3.94. The molecule has 0 spiro atoms. The predicted molar refractivity (Wildman–Crippen MR) is 95.6 cm³/mol. The average molecular weight is 332 g/mol. The van der Waals surface area contributed by atoms with Crippen molar-refractivity contribution in [3.05, 3.63) is 83.9 Å². The summed E-state index contributed by atoms with van der Waals surface area (Å²) in [5.74, 6) is -1.67. The molecule has 1 N–H and O–H groups in total. The van der Waals surface area contributed by atoms with E-state index in [9.17, 15) is 14.7 Å². The van der Waals surface area contributed by atoms with Gasteiger partial charge in [0.05, 0.1) is 18.2 Å². The molecule has 3 rings (SSSR count). The second kappa shape index (κ2) is 7.01. The molecule has 0 heterocycles. The molecule has 0 saturated carbocycles. The van der Waals surface area contributed by atoms with Gasteiger partial charge in [-0.3, -0.25) is 0 Å². The number of aromatic carboxylic acids is 1. The van der Waals surface area contributed by atoms with Gasteiger partial charge >= 0.3 is 11.9 Å². The molecule has 0 aliphatic carbocycles. The Labute approximate surface area is 145 Å². The van der Waals surface area contributed by atoms with Gasteiger partial charge in [0.15, 0.2) is 0 Å². The minimum absolute atomic E-state index is 0.0407. The lowest BCUT2D eigenvalue weighted by molar-refractivity contribution is 0.0601. The van der Waals surface area contributed by atoms with Crippen molar-refractivity contribution in [3.63, 3.8) is 0 Å². The number of carboxylic acids is 1. The molecule has 0 fully saturated rings. The average Bonchev–Trinajstić information content (AvgIpc) is 2.67. The minimum Gasteiger partial charge on any atom is -0.478 e. The SMILES string of the molecule is COC(=O)c1cc(C(=O)O)cc(-c2ccccc2)c1-c1ccccc1. The van der Waals surface area contributed by atoms with E-state index in [1.54, 1.807) is 6.07 Å². The molecule has 4 nitrogen and oxygen atoms in total. The first-order valence-electron chi connectivity index (χ1n) is 7.72. The Morgan fingerprint density at radius 2 is 1.40 bits per heavy atom. The van der Waals surface area contributed by atoms with E-state index in [0.717, 1.165) is 11.1 Å². The molecule has 0 aromatic heterocycles. The van der Waals surface area contributed by atoms with Crippen molar-refractivity contribution < 1.29 is 19.4 Å². The molecule has 3 aromatic rings. The Balaban J connectivity index is 2.40. The molecule has 0 radical (unpaired) electrons. The maximum Gasteiger partial charge on any atom is 0.338 e. The smallest absolute Gasteiger partial charge is 0.338 e. The van der Waals surface area contributed by atoms with Crippen molar-refractivity contribution >= 4 is 11.9 Å². The number of carbonyl (C=O) groups excluding carboxylic acids is 1. The summed E-state index contributed by atoms with van der Waals surface area (Å²) >= 11 is 0. The molecule has 0 atom stereocenters. The van der Waals surface area contributed by atoms with Gasteiger partial charge in [0.1, 0.15) is 0 Å². The molecule has 4 heteroatoms. The summed E-state index contributed by atoms with van der Waals surface area (Å²) < 4.78 is 4.89. The minimum atomic E-state index is -1.10. The molecular formula is C21H16O4. The third-order valence-corrected chi connectivity index (χ3v) is 3.94. The highest BCUT2D eigenvalue weighted by atomic mass is 16.5. The highest BCUT2D eigenvalue weighted by molar-refractivity contribution is 6.05. The van der Waals surface area contributed by atoms with Gasteiger partial charge in [-0.15, -0.1) is 0 Å². The molecule has 0 unspecified atom stereocenters. The van der Waals surface area contributed by atoms with Gasteiger partial charge in [0, 0.05) is 5.56 Å². The highest BCUT2D eigenvalue weighted by Crippen LogP contribution is 2.36. The van der Waals surface area contributed by atoms with Gasteiger partial charge in [0.2, 0.25) is 0 Å². The third kappa shape index (κ3) is 3.28. The lowest BCUT2D eigenvalue weighted by atomic mass is 9.88. The molecule has 124 valence electrons. The Kier molecular flexibility index (Phi) is 4.61. The summed E-state index contributed by atoms with van der Waals surface area (Å²) in [5, 5.41) is 9.44. The first-order valence-corrected chi connectivity index (χ1v) is 7.72. The summed E-state index contributed by atoms with van der Waals surface area (Å²) in [6.45, 7) is 0. The van der Waals surface area contributed by atoms with Crippen LogP contribution in [0.5, 0.6) is 0 Å². The Morgan fingerprint density at radius 3 is 1.92 bits per heavy atom. The predicted octanol–water partition coefficient (Wildman–Crippen LogP) is 4.51. The second-order valence-corrected chi connectivity index (χ2v) is 5.48. The molecular weight excluding hydrogens is 316 g/mol. The van der Waals surface area contributed by atoms with Gasteiger partial charge in [-0.25, -0.2) is 9.59 Å². The van der Waals surface area contributed by atoms with Crippen LogP contribution in [-0.2, 0) is 4.74 Å². The lowest BCUT2D eigenvalue weighted by Gasteiger charge is -2.16. The topological polar surface area (TPSA) is 63.6 Å². The summed E-state index contributed by atoms with van der Waals surface area (Å²) in [7, 11) is 1.28. The maximum atomic E-state index is 12.4. The van der Waals surface area contributed by atoms with E-state index in [1.807, 2.05) is 60.7 Å². The number of hydrogen-bond acceptors (Lipinski definition) is 3. The highest BCUT2D eigenvalue weighted by Gasteiger charge is 2.21.